The van der Waals surface area contributed by atoms with Crippen molar-refractivity contribution in [2.45, 2.75) is 19.5 Å². The molecule has 0 bridgehead atoms. The highest BCUT2D eigenvalue weighted by Gasteiger charge is 2.30. The number of halogens is 3. The Hall–Kier alpha value is -4.11. The second kappa shape index (κ2) is 11.1. The number of hydrogen-bond donors (Lipinski definition) is 0. The van der Waals surface area contributed by atoms with Crippen molar-refractivity contribution in [2.24, 2.45) is 0 Å². The van der Waals surface area contributed by atoms with E-state index in [1.54, 1.807) is 27.9 Å². The third kappa shape index (κ3) is 6.23. The third-order valence-electron chi connectivity index (χ3n) is 6.50. The summed E-state index contributed by atoms with van der Waals surface area (Å²) in [6.45, 7) is 2.69. The van der Waals surface area contributed by atoms with Gasteiger partial charge in [0.05, 0.1) is 5.56 Å². The number of nitrogens with zero attached hydrogens (tertiary/aromatic N) is 4. The molecular weight excluding hydrogens is 493 g/mol. The zero-order valence-electron chi connectivity index (χ0n) is 20.6. The summed E-state index contributed by atoms with van der Waals surface area (Å²) in [7, 11) is 0. The van der Waals surface area contributed by atoms with Crippen LogP contribution in [0.15, 0.2) is 91.1 Å². The van der Waals surface area contributed by atoms with Crippen molar-refractivity contribution in [1.82, 2.24) is 19.6 Å². The molecule has 1 aromatic heterocycles. The first-order valence-electron chi connectivity index (χ1n) is 12.3. The molecule has 0 saturated carbocycles. The van der Waals surface area contributed by atoms with Crippen molar-refractivity contribution in [3.63, 3.8) is 0 Å². The van der Waals surface area contributed by atoms with Crippen LogP contribution in [0, 0.1) is 0 Å². The van der Waals surface area contributed by atoms with Crippen molar-refractivity contribution < 1.29 is 22.7 Å². The number of amides is 1. The summed E-state index contributed by atoms with van der Waals surface area (Å²) in [5, 5.41) is 4.37. The minimum Gasteiger partial charge on any atom is -0.471 e. The van der Waals surface area contributed by atoms with Gasteiger partial charge in [0.15, 0.2) is 12.4 Å². The molecule has 1 aliphatic heterocycles. The number of carbonyl (C=O) groups excluding carboxylic acids is 1. The highest BCUT2D eigenvalue weighted by molar-refractivity contribution is 5.92. The lowest BCUT2D eigenvalue weighted by Crippen LogP contribution is -2.48. The van der Waals surface area contributed by atoms with Crippen LogP contribution in [-0.4, -0.2) is 51.7 Å². The van der Waals surface area contributed by atoms with Gasteiger partial charge in [-0.25, -0.2) is 4.68 Å². The first kappa shape index (κ1) is 25.5. The first-order chi connectivity index (χ1) is 18.3. The molecule has 9 heteroatoms. The molecule has 1 amide bonds. The van der Waals surface area contributed by atoms with Crippen LogP contribution in [0.25, 0.3) is 11.1 Å². The van der Waals surface area contributed by atoms with E-state index < -0.39 is 11.7 Å². The molecule has 6 nitrogen and oxygen atoms in total. The van der Waals surface area contributed by atoms with E-state index in [0.717, 1.165) is 17.2 Å². The summed E-state index contributed by atoms with van der Waals surface area (Å²) in [6.07, 6.45) is -2.65. The van der Waals surface area contributed by atoms with Gasteiger partial charge in [-0.3, -0.25) is 9.69 Å². The fourth-order valence-corrected chi connectivity index (χ4v) is 4.44. The molecule has 0 radical (unpaired) electrons. The van der Waals surface area contributed by atoms with Gasteiger partial charge in [0, 0.05) is 38.9 Å². The molecule has 196 valence electrons. The van der Waals surface area contributed by atoms with Crippen molar-refractivity contribution in [2.75, 3.05) is 26.2 Å². The van der Waals surface area contributed by atoms with E-state index >= 15 is 0 Å². The Balaban J connectivity index is 1.10. The maximum Gasteiger partial charge on any atom is 0.416 e. The number of hydrogen-bond acceptors (Lipinski definition) is 4. The SMILES string of the molecule is O=C(c1ccn(COc2ccc(-c3ccccc3)cc2)n1)N1CCN(Cc2cccc(C(F)(F)F)c2)CC1. The Morgan fingerprint density at radius 2 is 1.55 bits per heavy atom. The normalized spacial score (nSPS) is 14.4. The van der Waals surface area contributed by atoms with Crippen LogP contribution in [0.3, 0.4) is 0 Å². The smallest absolute Gasteiger partial charge is 0.416 e. The van der Waals surface area contributed by atoms with Gasteiger partial charge in [0.2, 0.25) is 0 Å². The minimum absolute atomic E-state index is 0.169. The second-order valence-electron chi connectivity index (χ2n) is 9.17. The molecule has 2 heterocycles. The average Bonchev–Trinajstić information content (AvgIpc) is 3.42. The van der Waals surface area contributed by atoms with E-state index in [1.807, 2.05) is 54.6 Å². The fourth-order valence-electron chi connectivity index (χ4n) is 4.44. The molecule has 5 rings (SSSR count). The van der Waals surface area contributed by atoms with Crippen molar-refractivity contribution in [3.05, 3.63) is 108 Å². The van der Waals surface area contributed by atoms with Gasteiger partial charge in [-0.05, 0) is 41.0 Å². The van der Waals surface area contributed by atoms with Crippen LogP contribution in [-0.2, 0) is 19.5 Å². The van der Waals surface area contributed by atoms with Gasteiger partial charge in [0.1, 0.15) is 5.75 Å². The Labute approximate surface area is 218 Å². The lowest BCUT2D eigenvalue weighted by atomic mass is 10.1. The molecule has 0 spiro atoms. The maximum absolute atomic E-state index is 13.0. The molecule has 1 fully saturated rings. The predicted molar refractivity (Wildman–Crippen MR) is 137 cm³/mol. The van der Waals surface area contributed by atoms with Crippen molar-refractivity contribution in [3.8, 4) is 16.9 Å². The van der Waals surface area contributed by atoms with Gasteiger partial charge < -0.3 is 9.64 Å². The third-order valence-corrected chi connectivity index (χ3v) is 6.50. The van der Waals surface area contributed by atoms with E-state index in [0.29, 0.717) is 49.7 Å². The highest BCUT2D eigenvalue weighted by Crippen LogP contribution is 2.30. The van der Waals surface area contributed by atoms with E-state index in [9.17, 15) is 18.0 Å². The quantitative estimate of drug-likeness (QED) is 0.320. The molecule has 1 saturated heterocycles. The molecule has 1 aliphatic rings. The molecule has 0 unspecified atom stereocenters. The van der Waals surface area contributed by atoms with Gasteiger partial charge in [-0.1, -0.05) is 60.7 Å². The Morgan fingerprint density at radius 3 is 2.26 bits per heavy atom. The van der Waals surface area contributed by atoms with Crippen molar-refractivity contribution in [1.29, 1.82) is 0 Å². The summed E-state index contributed by atoms with van der Waals surface area (Å²) in [4.78, 5) is 16.7. The molecule has 0 N–H and O–H groups in total. The molecule has 4 aromatic rings. The molecule has 0 atom stereocenters. The molecule has 38 heavy (non-hydrogen) atoms. The van der Waals surface area contributed by atoms with Crippen LogP contribution < -0.4 is 4.74 Å². The predicted octanol–water partition coefficient (Wildman–Crippen LogP) is 5.56. The van der Waals surface area contributed by atoms with E-state index in [4.69, 9.17) is 4.74 Å². The zero-order valence-corrected chi connectivity index (χ0v) is 20.6. The number of rotatable bonds is 7. The lowest BCUT2D eigenvalue weighted by Gasteiger charge is -2.34. The number of piperazine rings is 1. The van der Waals surface area contributed by atoms with Crippen LogP contribution >= 0.6 is 0 Å². The highest BCUT2D eigenvalue weighted by atomic mass is 19.4. The van der Waals surface area contributed by atoms with Gasteiger partial charge in [-0.2, -0.15) is 18.3 Å². The van der Waals surface area contributed by atoms with Crippen molar-refractivity contribution >= 4 is 5.91 Å². The second-order valence-corrected chi connectivity index (χ2v) is 9.17. The van der Waals surface area contributed by atoms with Crippen LogP contribution in [0.1, 0.15) is 21.6 Å². The maximum atomic E-state index is 13.0. The number of benzene rings is 3. The largest absolute Gasteiger partial charge is 0.471 e. The Morgan fingerprint density at radius 1 is 0.842 bits per heavy atom. The van der Waals surface area contributed by atoms with Gasteiger partial charge >= 0.3 is 6.18 Å². The zero-order chi connectivity index (χ0) is 26.5. The van der Waals surface area contributed by atoms with Gasteiger partial charge in [-0.15, -0.1) is 0 Å². The molecular formula is C29H27F3N4O2. The Kier molecular flexibility index (Phi) is 7.46. The number of carbonyl (C=O) groups is 1. The summed E-state index contributed by atoms with van der Waals surface area (Å²) in [5.41, 5.74) is 2.52. The van der Waals surface area contributed by atoms with Gasteiger partial charge in [0.25, 0.3) is 5.91 Å². The summed E-state index contributed by atoms with van der Waals surface area (Å²) >= 11 is 0. The summed E-state index contributed by atoms with van der Waals surface area (Å²) in [6, 6.07) is 24.9. The number of aromatic nitrogens is 2. The lowest BCUT2D eigenvalue weighted by molar-refractivity contribution is -0.137. The monoisotopic (exact) mass is 520 g/mol. The Bertz CT molecular complexity index is 1360. The van der Waals surface area contributed by atoms with E-state index in [-0.39, 0.29) is 12.6 Å². The van der Waals surface area contributed by atoms with Crippen LogP contribution in [0.4, 0.5) is 13.2 Å². The molecule has 0 aliphatic carbocycles. The topological polar surface area (TPSA) is 50.6 Å². The summed E-state index contributed by atoms with van der Waals surface area (Å²) in [5.74, 6) is 0.527. The summed E-state index contributed by atoms with van der Waals surface area (Å²) < 4.78 is 46.3. The molecule has 3 aromatic carbocycles. The number of alkyl halides is 3. The van der Waals surface area contributed by atoms with E-state index in [1.165, 1.54) is 12.1 Å². The van der Waals surface area contributed by atoms with Crippen LogP contribution in [0.5, 0.6) is 5.75 Å². The van der Waals surface area contributed by atoms with Crippen LogP contribution in [0.2, 0.25) is 0 Å². The van der Waals surface area contributed by atoms with E-state index in [2.05, 4.69) is 10.00 Å². The first-order valence-corrected chi connectivity index (χ1v) is 12.3. The average molecular weight is 521 g/mol. The minimum atomic E-state index is -4.36. The fraction of sp³-hybridized carbons (Fsp3) is 0.241. The number of ether oxygens (including phenoxy) is 1. The standard InChI is InChI=1S/C29H27F3N4O2/c30-29(31,32)25-8-4-5-22(19-25)20-34-15-17-35(18-16-34)28(37)27-13-14-36(33-27)21-38-26-11-9-24(10-12-26)23-6-2-1-3-7-23/h1-14,19H,15-18,20-21H2.